The second-order valence-corrected chi connectivity index (χ2v) is 15.1. The topological polar surface area (TPSA) is 15.3 Å². The molecule has 1 N–H and O–H groups in total. The van der Waals surface area contributed by atoms with Gasteiger partial charge >= 0.3 is 0 Å². The number of rotatable bonds is 10. The van der Waals surface area contributed by atoms with Gasteiger partial charge in [-0.2, -0.15) is 0 Å². The summed E-state index contributed by atoms with van der Waals surface area (Å²) in [6, 6.07) is 42.9. The molecule has 248 valence electrons. The number of allylic oxidation sites excluding steroid dienone is 2. The maximum Gasteiger partial charge on any atom is 0.0655 e. The first-order valence-corrected chi connectivity index (χ1v) is 18.1. The van der Waals surface area contributed by atoms with Crippen molar-refractivity contribution in [2.45, 2.75) is 65.8 Å². The second-order valence-electron chi connectivity index (χ2n) is 15.1. The van der Waals surface area contributed by atoms with E-state index in [4.69, 9.17) is 0 Å². The van der Waals surface area contributed by atoms with Crippen LogP contribution in [0.2, 0.25) is 0 Å². The van der Waals surface area contributed by atoms with Crippen LogP contribution in [-0.2, 0) is 11.8 Å². The predicted molar refractivity (Wildman–Crippen MR) is 211 cm³/mol. The standard InChI is InChI=1S/C47H50N2/c1-32(2)27-37(33(3)4)28-35-22-24-36(25-23-35)38-29-39(48-44-19-11-9-17-42(44)41-16-8-7-15-34(41)5)31-40(30-38)49-45-20-12-10-18-43(45)47(6)26-14-13-21-46(47)49/h7-26,29-33,37,46,48H,27-28H2,1-6H3. The molecule has 49 heavy (non-hydrogen) atoms. The van der Waals surface area contributed by atoms with Crippen molar-refractivity contribution in [3.63, 3.8) is 0 Å². The number of nitrogens with one attached hydrogen (secondary N) is 1. The molecule has 7 rings (SSSR count). The Morgan fingerprint density at radius 3 is 2.20 bits per heavy atom. The molecule has 2 heteroatoms. The molecule has 3 atom stereocenters. The van der Waals surface area contributed by atoms with Crippen LogP contribution < -0.4 is 10.2 Å². The molecule has 0 aromatic heterocycles. The highest BCUT2D eigenvalue weighted by molar-refractivity contribution is 5.87. The highest BCUT2D eigenvalue weighted by Gasteiger charge is 2.46. The quantitative estimate of drug-likeness (QED) is 0.163. The summed E-state index contributed by atoms with van der Waals surface area (Å²) in [6.45, 7) is 14.0. The molecule has 0 saturated carbocycles. The third kappa shape index (κ3) is 6.49. The SMILES string of the molecule is Cc1ccccc1-c1ccccc1Nc1cc(-c2ccc(CC(CC(C)C)C(C)C)cc2)cc(N2c3ccccc3C3(C)C=CC=CC23)c1. The minimum Gasteiger partial charge on any atom is -0.355 e. The summed E-state index contributed by atoms with van der Waals surface area (Å²) in [4.78, 5) is 2.55. The van der Waals surface area contributed by atoms with E-state index in [-0.39, 0.29) is 11.5 Å². The fourth-order valence-electron chi connectivity index (χ4n) is 8.09. The first-order valence-electron chi connectivity index (χ1n) is 18.1. The third-order valence-corrected chi connectivity index (χ3v) is 10.8. The van der Waals surface area contributed by atoms with Crippen LogP contribution in [0.1, 0.15) is 57.7 Å². The normalized spacial score (nSPS) is 18.5. The van der Waals surface area contributed by atoms with Crippen molar-refractivity contribution in [2.24, 2.45) is 17.8 Å². The zero-order valence-corrected chi connectivity index (χ0v) is 29.9. The molecule has 5 aromatic rings. The maximum absolute atomic E-state index is 3.89. The van der Waals surface area contributed by atoms with Crippen LogP contribution in [0.5, 0.6) is 0 Å². The van der Waals surface area contributed by atoms with Gasteiger partial charge in [-0.1, -0.05) is 137 Å². The van der Waals surface area contributed by atoms with E-state index in [2.05, 4.69) is 191 Å². The molecule has 0 spiro atoms. The van der Waals surface area contributed by atoms with Gasteiger partial charge < -0.3 is 10.2 Å². The van der Waals surface area contributed by atoms with Crippen molar-refractivity contribution < 1.29 is 0 Å². The van der Waals surface area contributed by atoms with Crippen molar-refractivity contribution in [1.82, 2.24) is 0 Å². The summed E-state index contributed by atoms with van der Waals surface area (Å²) in [6.07, 6.45) is 11.5. The Hall–Kier alpha value is -4.82. The van der Waals surface area contributed by atoms with Gasteiger partial charge in [-0.25, -0.2) is 0 Å². The largest absolute Gasteiger partial charge is 0.355 e. The summed E-state index contributed by atoms with van der Waals surface area (Å²) >= 11 is 0. The van der Waals surface area contributed by atoms with E-state index in [0.29, 0.717) is 17.8 Å². The van der Waals surface area contributed by atoms with E-state index in [1.54, 1.807) is 0 Å². The van der Waals surface area contributed by atoms with Crippen LogP contribution in [0.25, 0.3) is 22.3 Å². The van der Waals surface area contributed by atoms with Crippen molar-refractivity contribution >= 4 is 22.7 Å². The highest BCUT2D eigenvalue weighted by Crippen LogP contribution is 2.52. The van der Waals surface area contributed by atoms with Crippen molar-refractivity contribution in [1.29, 1.82) is 0 Å². The number of benzene rings is 5. The summed E-state index contributed by atoms with van der Waals surface area (Å²) in [5.74, 6) is 2.08. The van der Waals surface area contributed by atoms with Crippen molar-refractivity contribution in [2.75, 3.05) is 10.2 Å². The maximum atomic E-state index is 3.89. The lowest BCUT2D eigenvalue weighted by molar-refractivity contribution is 0.315. The van der Waals surface area contributed by atoms with Crippen LogP contribution in [0.4, 0.5) is 22.7 Å². The van der Waals surface area contributed by atoms with Gasteiger partial charge in [0.05, 0.1) is 6.04 Å². The zero-order valence-electron chi connectivity index (χ0n) is 29.9. The van der Waals surface area contributed by atoms with Crippen LogP contribution in [-0.4, -0.2) is 6.04 Å². The molecule has 1 aliphatic heterocycles. The Balaban J connectivity index is 1.32. The lowest BCUT2D eigenvalue weighted by atomic mass is 9.76. The molecule has 2 aliphatic rings. The van der Waals surface area contributed by atoms with Gasteiger partial charge in [0.2, 0.25) is 0 Å². The Morgan fingerprint density at radius 2 is 1.45 bits per heavy atom. The van der Waals surface area contributed by atoms with Gasteiger partial charge in [0.25, 0.3) is 0 Å². The number of para-hydroxylation sites is 2. The summed E-state index contributed by atoms with van der Waals surface area (Å²) in [7, 11) is 0. The second kappa shape index (κ2) is 13.6. The smallest absolute Gasteiger partial charge is 0.0655 e. The monoisotopic (exact) mass is 642 g/mol. The number of nitrogens with zero attached hydrogens (tertiary/aromatic N) is 1. The van der Waals surface area contributed by atoms with Crippen LogP contribution in [0.3, 0.4) is 0 Å². The average molecular weight is 643 g/mol. The molecule has 5 aromatic carbocycles. The van der Waals surface area contributed by atoms with Crippen molar-refractivity contribution in [3.05, 3.63) is 156 Å². The van der Waals surface area contributed by atoms with Gasteiger partial charge in [0.1, 0.15) is 0 Å². The molecular formula is C47H50N2. The highest BCUT2D eigenvalue weighted by atomic mass is 15.2. The number of hydrogen-bond donors (Lipinski definition) is 1. The van der Waals surface area contributed by atoms with Gasteiger partial charge in [0.15, 0.2) is 0 Å². The first kappa shape index (κ1) is 32.7. The molecule has 0 radical (unpaired) electrons. The van der Waals surface area contributed by atoms with E-state index >= 15 is 0 Å². The van der Waals surface area contributed by atoms with Gasteiger partial charge in [0, 0.05) is 33.7 Å². The lowest BCUT2D eigenvalue weighted by Gasteiger charge is -2.35. The minimum atomic E-state index is -0.100. The van der Waals surface area contributed by atoms with E-state index in [0.717, 1.165) is 17.8 Å². The van der Waals surface area contributed by atoms with E-state index in [9.17, 15) is 0 Å². The molecule has 3 unspecified atom stereocenters. The fraction of sp³-hybridized carbons (Fsp3) is 0.277. The summed E-state index contributed by atoms with van der Waals surface area (Å²) in [5, 5.41) is 3.89. The zero-order chi connectivity index (χ0) is 34.1. The van der Waals surface area contributed by atoms with Crippen molar-refractivity contribution in [3.8, 4) is 22.3 Å². The third-order valence-electron chi connectivity index (χ3n) is 10.8. The van der Waals surface area contributed by atoms with Crippen LogP contribution in [0, 0.1) is 24.7 Å². The molecule has 0 fully saturated rings. The van der Waals surface area contributed by atoms with E-state index in [1.807, 2.05) is 0 Å². The van der Waals surface area contributed by atoms with E-state index < -0.39 is 0 Å². The number of aryl methyl sites for hydroxylation is 1. The number of hydrogen-bond acceptors (Lipinski definition) is 2. The van der Waals surface area contributed by atoms with E-state index in [1.165, 1.54) is 56.7 Å². The van der Waals surface area contributed by atoms with Crippen LogP contribution in [0.15, 0.2) is 140 Å². The molecule has 1 heterocycles. The minimum absolute atomic E-state index is 0.100. The van der Waals surface area contributed by atoms with Gasteiger partial charge in [-0.05, 0) is 108 Å². The first-order chi connectivity index (χ1) is 23.7. The van der Waals surface area contributed by atoms with Crippen LogP contribution >= 0.6 is 0 Å². The average Bonchev–Trinajstić information content (AvgIpc) is 3.37. The summed E-state index contributed by atoms with van der Waals surface area (Å²) in [5.41, 5.74) is 13.5. The van der Waals surface area contributed by atoms with Gasteiger partial charge in [-0.15, -0.1) is 0 Å². The Morgan fingerprint density at radius 1 is 0.735 bits per heavy atom. The Bertz CT molecular complexity index is 2000. The van der Waals surface area contributed by atoms with Gasteiger partial charge in [-0.3, -0.25) is 0 Å². The summed E-state index contributed by atoms with van der Waals surface area (Å²) < 4.78 is 0. The fourth-order valence-corrected chi connectivity index (χ4v) is 8.09. The Labute approximate surface area is 294 Å². The molecule has 0 amide bonds. The molecular weight excluding hydrogens is 593 g/mol. The molecule has 0 bridgehead atoms. The molecule has 1 aliphatic carbocycles. The number of fused-ring (bicyclic) bond motifs is 3. The Kier molecular flexibility index (Phi) is 9.07. The predicted octanol–water partition coefficient (Wildman–Crippen LogP) is 12.8. The lowest BCUT2D eigenvalue weighted by Crippen LogP contribution is -2.39. The molecule has 2 nitrogen and oxygen atoms in total. The number of anilines is 4. The molecule has 0 saturated heterocycles.